The van der Waals surface area contributed by atoms with Crippen molar-refractivity contribution in [3.05, 3.63) is 48.5 Å². The quantitative estimate of drug-likeness (QED) is 0.883. The van der Waals surface area contributed by atoms with Crippen molar-refractivity contribution in [1.82, 2.24) is 4.73 Å². The third-order valence-electron chi connectivity index (χ3n) is 2.37. The summed E-state index contributed by atoms with van der Waals surface area (Å²) in [7, 11) is -4.14. The molecular formula is C12H11NO5S. The van der Waals surface area contributed by atoms with Crippen LogP contribution in [0.5, 0.6) is 11.8 Å². The molecule has 0 saturated heterocycles. The SMILES string of the molecule is C=Cc1ccc(S(=O)(=O)On2c(O)ccc2O)cc1. The second-order valence-electron chi connectivity index (χ2n) is 3.65. The van der Waals surface area contributed by atoms with Crippen molar-refractivity contribution in [2.75, 3.05) is 0 Å². The zero-order chi connectivity index (χ0) is 14.0. The van der Waals surface area contributed by atoms with Gasteiger partial charge in [0.1, 0.15) is 4.90 Å². The number of hydrogen-bond acceptors (Lipinski definition) is 5. The fraction of sp³-hybridized carbons (Fsp3) is 0. The molecule has 0 aliphatic heterocycles. The maximum Gasteiger partial charge on any atom is 0.357 e. The van der Waals surface area contributed by atoms with Gasteiger partial charge < -0.3 is 10.2 Å². The number of nitrogens with zero attached hydrogens (tertiary/aromatic N) is 1. The van der Waals surface area contributed by atoms with Crippen LogP contribution in [0, 0.1) is 0 Å². The Bertz CT molecular complexity index is 681. The Morgan fingerprint density at radius 1 is 1.05 bits per heavy atom. The molecule has 1 aromatic heterocycles. The molecule has 0 saturated carbocycles. The van der Waals surface area contributed by atoms with Gasteiger partial charge in [0.25, 0.3) is 0 Å². The Morgan fingerprint density at radius 3 is 2.05 bits per heavy atom. The fourth-order valence-corrected chi connectivity index (χ4v) is 2.29. The molecule has 0 spiro atoms. The van der Waals surface area contributed by atoms with Gasteiger partial charge in [0.2, 0.25) is 11.8 Å². The minimum Gasteiger partial charge on any atom is -0.492 e. The Hall–Kier alpha value is -2.41. The van der Waals surface area contributed by atoms with E-state index in [1.807, 2.05) is 0 Å². The van der Waals surface area contributed by atoms with E-state index in [9.17, 15) is 18.6 Å². The van der Waals surface area contributed by atoms with Gasteiger partial charge in [-0.3, -0.25) is 4.28 Å². The van der Waals surface area contributed by atoms with Gasteiger partial charge in [-0.2, -0.15) is 8.42 Å². The largest absolute Gasteiger partial charge is 0.492 e. The van der Waals surface area contributed by atoms with Gasteiger partial charge in [-0.1, -0.05) is 29.5 Å². The number of hydrogen-bond donors (Lipinski definition) is 2. The molecule has 0 atom stereocenters. The maximum atomic E-state index is 11.9. The normalized spacial score (nSPS) is 11.2. The second kappa shape index (κ2) is 4.69. The molecule has 100 valence electrons. The monoisotopic (exact) mass is 281 g/mol. The van der Waals surface area contributed by atoms with E-state index < -0.39 is 21.9 Å². The van der Waals surface area contributed by atoms with Gasteiger partial charge >= 0.3 is 10.1 Å². The van der Waals surface area contributed by atoms with Crippen LogP contribution in [0.2, 0.25) is 0 Å². The van der Waals surface area contributed by atoms with Crippen molar-refractivity contribution in [2.45, 2.75) is 4.90 Å². The lowest BCUT2D eigenvalue weighted by atomic mass is 10.2. The first-order valence-corrected chi connectivity index (χ1v) is 6.62. The van der Waals surface area contributed by atoms with E-state index in [4.69, 9.17) is 0 Å². The zero-order valence-electron chi connectivity index (χ0n) is 9.72. The van der Waals surface area contributed by atoms with Gasteiger partial charge in [0, 0.05) is 12.1 Å². The molecule has 7 heteroatoms. The standard InChI is InChI=1S/C12H11NO5S/c1-2-9-3-5-10(6-4-9)19(16,17)18-13-11(14)7-8-12(13)15/h2-8,14-15H,1H2. The molecule has 19 heavy (non-hydrogen) atoms. The van der Waals surface area contributed by atoms with Crippen molar-refractivity contribution in [3.63, 3.8) is 0 Å². The minimum atomic E-state index is -4.14. The highest BCUT2D eigenvalue weighted by Crippen LogP contribution is 2.21. The lowest BCUT2D eigenvalue weighted by Gasteiger charge is -2.08. The predicted octanol–water partition coefficient (Wildman–Crippen LogP) is 1.36. The van der Waals surface area contributed by atoms with E-state index in [0.717, 1.165) is 17.7 Å². The summed E-state index contributed by atoms with van der Waals surface area (Å²) in [5, 5.41) is 18.6. The summed E-state index contributed by atoms with van der Waals surface area (Å²) in [5.41, 5.74) is 0.755. The second-order valence-corrected chi connectivity index (χ2v) is 5.17. The topological polar surface area (TPSA) is 88.8 Å². The number of aromatic nitrogens is 1. The van der Waals surface area contributed by atoms with E-state index in [1.54, 1.807) is 18.2 Å². The first-order valence-electron chi connectivity index (χ1n) is 5.21. The Balaban J connectivity index is 2.34. The van der Waals surface area contributed by atoms with Crippen LogP contribution in [-0.2, 0) is 10.1 Å². The number of benzene rings is 1. The third kappa shape index (κ3) is 2.55. The van der Waals surface area contributed by atoms with Gasteiger partial charge in [-0.05, 0) is 17.7 Å². The summed E-state index contributed by atoms with van der Waals surface area (Å²) in [5.74, 6) is -1.05. The summed E-state index contributed by atoms with van der Waals surface area (Å²) in [6.45, 7) is 3.56. The Kier molecular flexibility index (Phi) is 3.22. The van der Waals surface area contributed by atoms with Crippen LogP contribution in [-0.4, -0.2) is 23.4 Å². The lowest BCUT2D eigenvalue weighted by molar-refractivity contribution is 0.203. The zero-order valence-corrected chi connectivity index (χ0v) is 10.5. The van der Waals surface area contributed by atoms with Crippen molar-refractivity contribution in [2.24, 2.45) is 0 Å². The molecule has 0 aliphatic rings. The van der Waals surface area contributed by atoms with Crippen molar-refractivity contribution < 1.29 is 22.9 Å². The number of rotatable bonds is 4. The third-order valence-corrected chi connectivity index (χ3v) is 3.57. The van der Waals surface area contributed by atoms with Gasteiger partial charge in [0.15, 0.2) is 0 Å². The molecular weight excluding hydrogens is 270 g/mol. The van der Waals surface area contributed by atoms with Crippen LogP contribution in [0.4, 0.5) is 0 Å². The van der Waals surface area contributed by atoms with Crippen LogP contribution in [0.15, 0.2) is 47.9 Å². The molecule has 2 rings (SSSR count). The van der Waals surface area contributed by atoms with E-state index in [0.29, 0.717) is 4.73 Å². The molecule has 0 unspecified atom stereocenters. The summed E-state index contributed by atoms with van der Waals surface area (Å²) in [4.78, 5) is -0.106. The maximum absolute atomic E-state index is 11.9. The van der Waals surface area contributed by atoms with Gasteiger partial charge in [-0.15, -0.1) is 0 Å². The highest BCUT2D eigenvalue weighted by molar-refractivity contribution is 7.87. The Morgan fingerprint density at radius 2 is 1.58 bits per heavy atom. The molecule has 6 nitrogen and oxygen atoms in total. The molecule has 0 amide bonds. The van der Waals surface area contributed by atoms with Crippen LogP contribution < -0.4 is 4.28 Å². The first-order chi connectivity index (χ1) is 8.94. The smallest absolute Gasteiger partial charge is 0.357 e. The highest BCUT2D eigenvalue weighted by Gasteiger charge is 2.20. The van der Waals surface area contributed by atoms with Gasteiger partial charge in [-0.25, -0.2) is 0 Å². The van der Waals surface area contributed by atoms with Crippen molar-refractivity contribution >= 4 is 16.2 Å². The van der Waals surface area contributed by atoms with E-state index >= 15 is 0 Å². The molecule has 2 N–H and O–H groups in total. The average Bonchev–Trinajstić information content (AvgIpc) is 2.70. The average molecular weight is 281 g/mol. The molecule has 0 aliphatic carbocycles. The van der Waals surface area contributed by atoms with Crippen molar-refractivity contribution in [3.8, 4) is 11.8 Å². The van der Waals surface area contributed by atoms with E-state index in [2.05, 4.69) is 10.9 Å². The van der Waals surface area contributed by atoms with Crippen molar-refractivity contribution in [1.29, 1.82) is 0 Å². The first kappa shape index (κ1) is 13.0. The van der Waals surface area contributed by atoms with Crippen LogP contribution in [0.25, 0.3) is 6.08 Å². The molecule has 1 aromatic carbocycles. The van der Waals surface area contributed by atoms with Crippen LogP contribution in [0.1, 0.15) is 5.56 Å². The van der Waals surface area contributed by atoms with E-state index in [-0.39, 0.29) is 4.90 Å². The summed E-state index contributed by atoms with van der Waals surface area (Å²) in [6, 6.07) is 7.99. The lowest BCUT2D eigenvalue weighted by Crippen LogP contribution is -2.19. The molecule has 0 radical (unpaired) electrons. The molecule has 1 heterocycles. The van der Waals surface area contributed by atoms with E-state index in [1.165, 1.54) is 12.1 Å². The minimum absolute atomic E-state index is 0.106. The van der Waals surface area contributed by atoms with Crippen LogP contribution >= 0.6 is 0 Å². The fourth-order valence-electron chi connectivity index (χ4n) is 1.39. The summed E-state index contributed by atoms with van der Waals surface area (Å²) in [6.07, 6.45) is 1.57. The summed E-state index contributed by atoms with van der Waals surface area (Å²) < 4.78 is 28.9. The summed E-state index contributed by atoms with van der Waals surface area (Å²) >= 11 is 0. The molecule has 0 bridgehead atoms. The van der Waals surface area contributed by atoms with Gasteiger partial charge in [0.05, 0.1) is 0 Å². The molecule has 0 fully saturated rings. The Labute approximate surface area is 109 Å². The molecule has 2 aromatic rings. The number of aromatic hydroxyl groups is 2. The van der Waals surface area contributed by atoms with Crippen LogP contribution in [0.3, 0.4) is 0 Å². The predicted molar refractivity (Wildman–Crippen MR) is 68.1 cm³/mol. The highest BCUT2D eigenvalue weighted by atomic mass is 32.2.